The molecule has 0 radical (unpaired) electrons. The van der Waals surface area contributed by atoms with Gasteiger partial charge in [0.1, 0.15) is 5.75 Å². The minimum absolute atomic E-state index is 0.0686. The van der Waals surface area contributed by atoms with Crippen LogP contribution < -0.4 is 21.1 Å². The first-order valence-corrected chi connectivity index (χ1v) is 16.3. The zero-order valence-corrected chi connectivity index (χ0v) is 26.1. The van der Waals surface area contributed by atoms with Gasteiger partial charge in [-0.15, -0.1) is 0 Å². The molecular weight excluding hydrogens is 582 g/mol. The smallest absolute Gasteiger partial charge is 0.262 e. The van der Waals surface area contributed by atoms with Crippen LogP contribution in [0.1, 0.15) is 75.9 Å². The van der Waals surface area contributed by atoms with Gasteiger partial charge in [0.25, 0.3) is 17.7 Å². The van der Waals surface area contributed by atoms with Crippen molar-refractivity contribution in [1.29, 1.82) is 0 Å². The van der Waals surface area contributed by atoms with Crippen LogP contribution in [0.2, 0.25) is 0 Å². The van der Waals surface area contributed by atoms with Crippen LogP contribution in [0.5, 0.6) is 5.75 Å². The predicted molar refractivity (Wildman–Crippen MR) is 176 cm³/mol. The molecule has 1 aliphatic carbocycles. The van der Waals surface area contributed by atoms with E-state index in [0.717, 1.165) is 61.8 Å². The summed E-state index contributed by atoms with van der Waals surface area (Å²) in [4.78, 5) is 54.8. The Morgan fingerprint density at radius 3 is 2.43 bits per heavy atom. The summed E-state index contributed by atoms with van der Waals surface area (Å²) in [5.41, 5.74) is 11.2. The number of ether oxygens (including phenoxy) is 1. The molecule has 0 atom stereocenters. The lowest BCUT2D eigenvalue weighted by Gasteiger charge is -2.24. The van der Waals surface area contributed by atoms with Gasteiger partial charge >= 0.3 is 0 Å². The summed E-state index contributed by atoms with van der Waals surface area (Å²) in [6.45, 7) is 2.42. The summed E-state index contributed by atoms with van der Waals surface area (Å²) in [7, 11) is 0. The monoisotopic (exact) mass is 623 g/mol. The molecular formula is C36H41N5O5. The first kappa shape index (κ1) is 31.3. The van der Waals surface area contributed by atoms with Gasteiger partial charge in [-0.2, -0.15) is 0 Å². The maximum absolute atomic E-state index is 13.5. The van der Waals surface area contributed by atoms with E-state index in [1.165, 1.54) is 5.56 Å². The van der Waals surface area contributed by atoms with Gasteiger partial charge in [0.15, 0.2) is 6.61 Å². The fourth-order valence-electron chi connectivity index (χ4n) is 6.10. The van der Waals surface area contributed by atoms with E-state index < -0.39 is 0 Å². The average molecular weight is 624 g/mol. The first-order chi connectivity index (χ1) is 22.4. The van der Waals surface area contributed by atoms with Gasteiger partial charge in [-0.25, -0.2) is 0 Å². The van der Waals surface area contributed by atoms with E-state index in [-0.39, 0.29) is 36.3 Å². The highest BCUT2D eigenvalue weighted by Gasteiger charge is 2.33. The minimum Gasteiger partial charge on any atom is -0.482 e. The maximum Gasteiger partial charge on any atom is 0.262 e. The Morgan fingerprint density at radius 1 is 0.913 bits per heavy atom. The predicted octanol–water partition coefficient (Wildman–Crippen LogP) is 4.52. The van der Waals surface area contributed by atoms with Crippen LogP contribution in [0.15, 0.2) is 60.7 Å². The fourth-order valence-corrected chi connectivity index (χ4v) is 6.10. The number of fused-ring (bicyclic) bond motifs is 2. The molecule has 4 amide bonds. The summed E-state index contributed by atoms with van der Waals surface area (Å²) < 4.78 is 5.50. The number of carbonyl (C=O) groups is 4. The van der Waals surface area contributed by atoms with Crippen LogP contribution in [0.3, 0.4) is 0 Å². The molecule has 0 saturated heterocycles. The summed E-state index contributed by atoms with van der Waals surface area (Å²) in [6.07, 6.45) is 6.84. The number of carbonyl (C=O) groups excluding carboxylic acids is 4. The Bertz CT molecular complexity index is 1620. The number of benzene rings is 3. The quantitative estimate of drug-likeness (QED) is 0.269. The molecule has 0 aromatic heterocycles. The summed E-state index contributed by atoms with van der Waals surface area (Å²) >= 11 is 0. The van der Waals surface area contributed by atoms with Crippen molar-refractivity contribution in [3.63, 3.8) is 0 Å². The third-order valence-corrected chi connectivity index (χ3v) is 8.89. The van der Waals surface area contributed by atoms with Crippen molar-refractivity contribution < 1.29 is 23.9 Å². The number of unbranched alkanes of at least 4 members (excludes halogenated alkanes) is 2. The molecule has 1 fully saturated rings. The zero-order chi connectivity index (χ0) is 32.0. The second kappa shape index (κ2) is 14.2. The number of nitrogens with zero attached hydrogens (tertiary/aromatic N) is 2. The number of rotatable bonds is 11. The lowest BCUT2D eigenvalue weighted by atomic mass is 10.0. The highest BCUT2D eigenvalue weighted by molar-refractivity contribution is 6.04. The molecule has 1 saturated carbocycles. The van der Waals surface area contributed by atoms with E-state index >= 15 is 0 Å². The third-order valence-electron chi connectivity index (χ3n) is 8.89. The van der Waals surface area contributed by atoms with Gasteiger partial charge in [-0.3, -0.25) is 19.2 Å². The van der Waals surface area contributed by atoms with Crippen molar-refractivity contribution >= 4 is 35.0 Å². The molecule has 10 nitrogen and oxygen atoms in total. The lowest BCUT2D eigenvalue weighted by Crippen LogP contribution is -2.33. The standard InChI is InChI=1S/C36H41N5O5/c37-17-3-1-2-4-34(43)40-18-15-25-9-11-29(20-27(25)16-19-40)38-35(44)26-7-5-24(6-8-26)22-41(30-12-13-30)36(45)28-10-14-31-32(21-28)46-23-33(42)39-31/h5-11,14,20-21,30H,1-4,12-13,15-19,22-23,37H2,(H,38,44)(H,39,42). The van der Waals surface area contributed by atoms with Crippen molar-refractivity contribution in [3.05, 3.63) is 88.5 Å². The molecule has 240 valence electrons. The van der Waals surface area contributed by atoms with E-state index in [9.17, 15) is 19.2 Å². The lowest BCUT2D eigenvalue weighted by molar-refractivity contribution is -0.131. The Morgan fingerprint density at radius 2 is 1.67 bits per heavy atom. The number of hydrogen-bond acceptors (Lipinski definition) is 6. The SMILES string of the molecule is NCCCCCC(=O)N1CCc2ccc(NC(=O)c3ccc(CN(C(=O)c4ccc5c(c4)OCC(=O)N5)C4CC4)cc3)cc2CC1. The Balaban J connectivity index is 1.05. The normalized spacial score (nSPS) is 15.5. The minimum atomic E-state index is -0.215. The second-order valence-corrected chi connectivity index (χ2v) is 12.3. The van der Waals surface area contributed by atoms with Crippen molar-refractivity contribution in [2.75, 3.05) is 36.9 Å². The number of nitrogens with two attached hydrogens (primary N) is 1. The van der Waals surface area contributed by atoms with Crippen LogP contribution in [-0.2, 0) is 29.0 Å². The summed E-state index contributed by atoms with van der Waals surface area (Å²) in [6, 6.07) is 18.6. The largest absolute Gasteiger partial charge is 0.482 e. The van der Waals surface area contributed by atoms with Crippen LogP contribution in [0.25, 0.3) is 0 Å². The van der Waals surface area contributed by atoms with Gasteiger partial charge in [0.2, 0.25) is 5.91 Å². The van der Waals surface area contributed by atoms with Gasteiger partial charge in [-0.05, 0) is 104 Å². The van der Waals surface area contributed by atoms with E-state index in [1.807, 2.05) is 34.1 Å². The van der Waals surface area contributed by atoms with E-state index in [1.54, 1.807) is 30.3 Å². The van der Waals surface area contributed by atoms with Crippen molar-refractivity contribution in [3.8, 4) is 5.75 Å². The fraction of sp³-hybridized carbons (Fsp3) is 0.389. The number of hydrogen-bond donors (Lipinski definition) is 3. The van der Waals surface area contributed by atoms with Gasteiger partial charge in [0.05, 0.1) is 5.69 Å². The first-order valence-electron chi connectivity index (χ1n) is 16.3. The van der Waals surface area contributed by atoms with Crippen molar-refractivity contribution in [1.82, 2.24) is 9.80 Å². The van der Waals surface area contributed by atoms with Crippen LogP contribution >= 0.6 is 0 Å². The molecule has 2 aliphatic heterocycles. The molecule has 2 heterocycles. The number of nitrogens with one attached hydrogen (secondary N) is 2. The Kier molecular flexibility index (Phi) is 9.63. The molecule has 10 heteroatoms. The molecule has 0 unspecified atom stereocenters. The third kappa shape index (κ3) is 7.56. The van der Waals surface area contributed by atoms with E-state index in [0.29, 0.717) is 55.2 Å². The number of amides is 4. The zero-order valence-electron chi connectivity index (χ0n) is 26.1. The van der Waals surface area contributed by atoms with E-state index in [4.69, 9.17) is 10.5 Å². The summed E-state index contributed by atoms with van der Waals surface area (Å²) in [5, 5.41) is 5.78. The van der Waals surface area contributed by atoms with Gasteiger partial charge < -0.3 is 30.9 Å². The molecule has 0 spiro atoms. The van der Waals surface area contributed by atoms with Gasteiger partial charge in [0, 0.05) is 48.9 Å². The maximum atomic E-state index is 13.5. The molecule has 6 rings (SSSR count). The molecule has 4 N–H and O–H groups in total. The van der Waals surface area contributed by atoms with Crippen molar-refractivity contribution in [2.24, 2.45) is 5.73 Å². The van der Waals surface area contributed by atoms with Crippen LogP contribution in [0.4, 0.5) is 11.4 Å². The van der Waals surface area contributed by atoms with Crippen LogP contribution in [0, 0.1) is 0 Å². The molecule has 3 aromatic carbocycles. The second-order valence-electron chi connectivity index (χ2n) is 12.3. The molecule has 0 bridgehead atoms. The van der Waals surface area contributed by atoms with Crippen molar-refractivity contribution in [2.45, 2.75) is 64.0 Å². The average Bonchev–Trinajstić information content (AvgIpc) is 3.93. The topological polar surface area (TPSA) is 134 Å². The highest BCUT2D eigenvalue weighted by Crippen LogP contribution is 2.33. The number of anilines is 2. The highest BCUT2D eigenvalue weighted by atomic mass is 16.5. The molecule has 3 aliphatic rings. The molecule has 46 heavy (non-hydrogen) atoms. The summed E-state index contributed by atoms with van der Waals surface area (Å²) in [5.74, 6) is 0.188. The van der Waals surface area contributed by atoms with E-state index in [2.05, 4.69) is 16.7 Å². The Hall–Kier alpha value is -4.70. The molecule has 3 aromatic rings. The Labute approximate surface area is 269 Å². The van der Waals surface area contributed by atoms with Crippen LogP contribution in [-0.4, -0.2) is 65.7 Å². The van der Waals surface area contributed by atoms with Gasteiger partial charge in [-0.1, -0.05) is 24.6 Å².